The van der Waals surface area contributed by atoms with Crippen molar-refractivity contribution in [1.29, 1.82) is 0 Å². The molecule has 0 amide bonds. The van der Waals surface area contributed by atoms with Crippen LogP contribution in [-0.2, 0) is 17.5 Å². The highest BCUT2D eigenvalue weighted by Gasteiger charge is 2.31. The van der Waals surface area contributed by atoms with Gasteiger partial charge in [0.05, 0.1) is 37.3 Å². The number of halogens is 3. The lowest BCUT2D eigenvalue weighted by Gasteiger charge is -2.31. The molecule has 1 aliphatic rings. The number of benzene rings is 2. The summed E-state index contributed by atoms with van der Waals surface area (Å²) in [5.41, 5.74) is 1.21. The van der Waals surface area contributed by atoms with Crippen LogP contribution in [-0.4, -0.2) is 38.5 Å². The number of alkyl halides is 3. The van der Waals surface area contributed by atoms with Crippen molar-refractivity contribution in [2.45, 2.75) is 12.7 Å². The van der Waals surface area contributed by atoms with Gasteiger partial charge in [-0.1, -0.05) is 12.1 Å². The van der Waals surface area contributed by atoms with Crippen molar-refractivity contribution in [3.63, 3.8) is 0 Å². The Balaban J connectivity index is 1.73. The third kappa shape index (κ3) is 5.74. The molecule has 0 aromatic heterocycles. The summed E-state index contributed by atoms with van der Waals surface area (Å²) in [6, 6.07) is 11.1. The summed E-state index contributed by atoms with van der Waals surface area (Å²) in [6.07, 6.45) is -4.43. The molecule has 0 spiro atoms. The number of rotatable bonds is 5. The predicted octanol–water partition coefficient (Wildman–Crippen LogP) is 4.04. The third-order valence-corrected chi connectivity index (χ3v) is 4.78. The van der Waals surface area contributed by atoms with Crippen molar-refractivity contribution in [2.24, 2.45) is 0 Å². The minimum Gasteiger partial charge on any atom is -0.497 e. The number of ether oxygens (including phenoxy) is 2. The number of hydrogen-bond acceptors (Lipinski definition) is 4. The molecule has 29 heavy (non-hydrogen) atoms. The SMILES string of the molecule is COc1ccc(CNC(=S)Nc2cc(C(F)(F)F)ccc2N2CCOCC2)cc1. The zero-order chi connectivity index (χ0) is 20.9. The fraction of sp³-hybridized carbons (Fsp3) is 0.350. The van der Waals surface area contributed by atoms with Crippen molar-refractivity contribution in [3.8, 4) is 5.75 Å². The van der Waals surface area contributed by atoms with Gasteiger partial charge in [0.2, 0.25) is 0 Å². The average Bonchev–Trinajstić information content (AvgIpc) is 2.72. The monoisotopic (exact) mass is 425 g/mol. The van der Waals surface area contributed by atoms with Gasteiger partial charge >= 0.3 is 6.18 Å². The van der Waals surface area contributed by atoms with Crippen molar-refractivity contribution < 1.29 is 22.6 Å². The topological polar surface area (TPSA) is 45.8 Å². The quantitative estimate of drug-likeness (QED) is 0.706. The Morgan fingerprint density at radius 3 is 2.45 bits per heavy atom. The smallest absolute Gasteiger partial charge is 0.416 e. The Morgan fingerprint density at radius 2 is 1.83 bits per heavy atom. The molecule has 1 saturated heterocycles. The lowest BCUT2D eigenvalue weighted by Crippen LogP contribution is -2.37. The summed E-state index contributed by atoms with van der Waals surface area (Å²) in [7, 11) is 1.59. The predicted molar refractivity (Wildman–Crippen MR) is 111 cm³/mol. The lowest BCUT2D eigenvalue weighted by atomic mass is 10.1. The van der Waals surface area contributed by atoms with E-state index in [1.807, 2.05) is 29.2 Å². The van der Waals surface area contributed by atoms with Gasteiger partial charge in [0.15, 0.2) is 5.11 Å². The Labute approximate surface area is 172 Å². The molecule has 2 aromatic carbocycles. The highest BCUT2D eigenvalue weighted by molar-refractivity contribution is 7.80. The molecule has 2 N–H and O–H groups in total. The maximum Gasteiger partial charge on any atom is 0.416 e. The molecule has 5 nitrogen and oxygen atoms in total. The van der Waals surface area contributed by atoms with E-state index in [1.54, 1.807) is 7.11 Å². The fourth-order valence-corrected chi connectivity index (χ4v) is 3.17. The largest absolute Gasteiger partial charge is 0.497 e. The van der Waals surface area contributed by atoms with Gasteiger partial charge < -0.3 is 25.0 Å². The van der Waals surface area contributed by atoms with Crippen molar-refractivity contribution in [1.82, 2.24) is 5.32 Å². The van der Waals surface area contributed by atoms with Crippen LogP contribution in [0.3, 0.4) is 0 Å². The van der Waals surface area contributed by atoms with E-state index in [2.05, 4.69) is 10.6 Å². The Kier molecular flexibility index (Phi) is 6.81. The third-order valence-electron chi connectivity index (χ3n) is 4.54. The van der Waals surface area contributed by atoms with Crippen LogP contribution in [0.15, 0.2) is 42.5 Å². The molecule has 0 unspecified atom stereocenters. The zero-order valence-electron chi connectivity index (χ0n) is 15.9. The second-order valence-electron chi connectivity index (χ2n) is 6.48. The van der Waals surface area contributed by atoms with Crippen LogP contribution in [0.1, 0.15) is 11.1 Å². The molecular formula is C20H22F3N3O2S. The standard InChI is InChI=1S/C20H22F3N3O2S/c1-27-16-5-2-14(3-6-16)13-24-19(29)25-17-12-15(20(21,22)23)4-7-18(17)26-8-10-28-11-9-26/h2-7,12H,8-11,13H2,1H3,(H2,24,25,29). The second-order valence-corrected chi connectivity index (χ2v) is 6.89. The number of methoxy groups -OCH3 is 1. The van der Waals surface area contributed by atoms with Gasteiger partial charge in [-0.3, -0.25) is 0 Å². The number of anilines is 2. The van der Waals surface area contributed by atoms with E-state index in [1.165, 1.54) is 6.07 Å². The Bertz CT molecular complexity index is 838. The molecule has 156 valence electrons. The van der Waals surface area contributed by atoms with E-state index in [0.29, 0.717) is 44.2 Å². The molecule has 0 saturated carbocycles. The molecule has 0 atom stereocenters. The molecule has 0 radical (unpaired) electrons. The number of nitrogens with zero attached hydrogens (tertiary/aromatic N) is 1. The van der Waals surface area contributed by atoms with Crippen molar-refractivity contribution in [3.05, 3.63) is 53.6 Å². The highest BCUT2D eigenvalue weighted by atomic mass is 32.1. The van der Waals surface area contributed by atoms with E-state index in [9.17, 15) is 13.2 Å². The first-order valence-electron chi connectivity index (χ1n) is 9.08. The van der Waals surface area contributed by atoms with Gasteiger partial charge in [-0.15, -0.1) is 0 Å². The molecule has 0 aliphatic carbocycles. The summed E-state index contributed by atoms with van der Waals surface area (Å²) >= 11 is 5.31. The molecule has 2 aromatic rings. The number of thiocarbonyl (C=S) groups is 1. The fourth-order valence-electron chi connectivity index (χ4n) is 2.98. The molecule has 0 bridgehead atoms. The number of nitrogens with one attached hydrogen (secondary N) is 2. The molecule has 9 heteroatoms. The van der Waals surface area contributed by atoms with Crippen LogP contribution in [0.4, 0.5) is 24.5 Å². The first kappa shape index (κ1) is 21.2. The van der Waals surface area contributed by atoms with E-state index in [4.69, 9.17) is 21.7 Å². The highest BCUT2D eigenvalue weighted by Crippen LogP contribution is 2.35. The first-order valence-corrected chi connectivity index (χ1v) is 9.49. The molecule has 1 aliphatic heterocycles. The van der Waals surface area contributed by atoms with Crippen LogP contribution in [0.25, 0.3) is 0 Å². The summed E-state index contributed by atoms with van der Waals surface area (Å²) in [6.45, 7) is 2.70. The van der Waals surface area contributed by atoms with Crippen LogP contribution in [0.2, 0.25) is 0 Å². The van der Waals surface area contributed by atoms with Gasteiger partial charge in [0.1, 0.15) is 5.75 Å². The minimum atomic E-state index is -4.43. The lowest BCUT2D eigenvalue weighted by molar-refractivity contribution is -0.137. The van der Waals surface area contributed by atoms with Gasteiger partial charge in [-0.2, -0.15) is 13.2 Å². The van der Waals surface area contributed by atoms with E-state index < -0.39 is 11.7 Å². The van der Waals surface area contributed by atoms with Gasteiger partial charge in [0, 0.05) is 19.6 Å². The minimum absolute atomic E-state index is 0.245. The van der Waals surface area contributed by atoms with Crippen LogP contribution in [0, 0.1) is 0 Å². The maximum atomic E-state index is 13.2. The van der Waals surface area contributed by atoms with E-state index >= 15 is 0 Å². The van der Waals surface area contributed by atoms with Gasteiger partial charge in [-0.25, -0.2) is 0 Å². The second kappa shape index (κ2) is 9.32. The van der Waals surface area contributed by atoms with Gasteiger partial charge in [-0.05, 0) is 48.1 Å². The average molecular weight is 425 g/mol. The van der Waals surface area contributed by atoms with Crippen molar-refractivity contribution in [2.75, 3.05) is 43.6 Å². The molecule has 3 rings (SSSR count). The molecular weight excluding hydrogens is 403 g/mol. The molecule has 1 fully saturated rings. The summed E-state index contributed by atoms with van der Waals surface area (Å²) in [4.78, 5) is 1.98. The number of hydrogen-bond donors (Lipinski definition) is 2. The van der Waals surface area contributed by atoms with Crippen LogP contribution < -0.4 is 20.3 Å². The summed E-state index contributed by atoms with van der Waals surface area (Å²) < 4.78 is 50.0. The normalized spacial score (nSPS) is 14.4. The Morgan fingerprint density at radius 1 is 1.14 bits per heavy atom. The van der Waals surface area contributed by atoms with E-state index in [-0.39, 0.29) is 5.11 Å². The van der Waals surface area contributed by atoms with Crippen molar-refractivity contribution >= 4 is 28.7 Å². The van der Waals surface area contributed by atoms with E-state index in [0.717, 1.165) is 23.4 Å². The van der Waals surface area contributed by atoms with Crippen LogP contribution in [0.5, 0.6) is 5.75 Å². The maximum absolute atomic E-state index is 13.2. The zero-order valence-corrected chi connectivity index (χ0v) is 16.7. The van der Waals surface area contributed by atoms with Crippen LogP contribution >= 0.6 is 12.2 Å². The number of morpholine rings is 1. The summed E-state index contributed by atoms with van der Waals surface area (Å²) in [5.74, 6) is 0.744. The van der Waals surface area contributed by atoms with Gasteiger partial charge in [0.25, 0.3) is 0 Å². The first-order chi connectivity index (χ1) is 13.9. The Hall–Kier alpha value is -2.52. The molecule has 1 heterocycles. The summed E-state index contributed by atoms with van der Waals surface area (Å²) in [5, 5.41) is 6.20.